The first-order valence-electron chi connectivity index (χ1n) is 5.32. The summed E-state index contributed by atoms with van der Waals surface area (Å²) >= 11 is 0. The van der Waals surface area contributed by atoms with Crippen LogP contribution in [0.25, 0.3) is 0 Å². The summed E-state index contributed by atoms with van der Waals surface area (Å²) in [4.78, 5) is 14.3. The quantitative estimate of drug-likeness (QED) is 0.563. The molecule has 2 heteroatoms. The molecule has 0 aromatic carbocycles. The van der Waals surface area contributed by atoms with Gasteiger partial charge in [-0.15, -0.1) is 0 Å². The van der Waals surface area contributed by atoms with Gasteiger partial charge in [0.2, 0.25) is 0 Å². The van der Waals surface area contributed by atoms with Crippen molar-refractivity contribution in [3.63, 3.8) is 0 Å². The number of ketones is 1. The summed E-state index contributed by atoms with van der Waals surface area (Å²) in [5.74, 6) is 2.41. The van der Waals surface area contributed by atoms with Gasteiger partial charge in [-0.25, -0.2) is 0 Å². The van der Waals surface area contributed by atoms with Crippen LogP contribution in [-0.4, -0.2) is 30.8 Å². The van der Waals surface area contributed by atoms with Crippen molar-refractivity contribution in [2.45, 2.75) is 20.3 Å². The van der Waals surface area contributed by atoms with E-state index >= 15 is 0 Å². The van der Waals surface area contributed by atoms with Crippen molar-refractivity contribution in [1.29, 1.82) is 0 Å². The van der Waals surface area contributed by atoms with Crippen molar-refractivity contribution in [3.8, 4) is 0 Å². The molecule has 13 heavy (non-hydrogen) atoms. The van der Waals surface area contributed by atoms with Gasteiger partial charge in [0.1, 0.15) is 5.78 Å². The van der Waals surface area contributed by atoms with E-state index in [4.69, 9.17) is 0 Å². The summed E-state index contributed by atoms with van der Waals surface area (Å²) in [6, 6.07) is 0. The molecule has 0 N–H and O–H groups in total. The minimum Gasteiger partial charge on any atom is -0.305 e. The summed E-state index contributed by atoms with van der Waals surface area (Å²) in [6.07, 6.45) is 1.24. The topological polar surface area (TPSA) is 20.3 Å². The third-order valence-electron chi connectivity index (χ3n) is 3.86. The van der Waals surface area contributed by atoms with Crippen LogP contribution < -0.4 is 0 Å². The van der Waals surface area contributed by atoms with Crippen LogP contribution >= 0.6 is 0 Å². The standard InChI is InChI=1S/C11H19NO/c1-7-4-8(2)10-6-12(3)5-9(7)11(10)13/h7-10H,4-6H2,1-3H3/t7-,8-,9?,10?/m1/s1. The Morgan fingerprint density at radius 1 is 1.15 bits per heavy atom. The molecule has 4 atom stereocenters. The van der Waals surface area contributed by atoms with Crippen molar-refractivity contribution in [2.24, 2.45) is 23.7 Å². The molecule has 74 valence electrons. The van der Waals surface area contributed by atoms with Crippen LogP contribution in [0.1, 0.15) is 20.3 Å². The monoisotopic (exact) mass is 181 g/mol. The molecule has 2 aliphatic rings. The Hall–Kier alpha value is -0.370. The lowest BCUT2D eigenvalue weighted by atomic mass is 9.66. The molecule has 1 aliphatic heterocycles. The van der Waals surface area contributed by atoms with Gasteiger partial charge in [0.05, 0.1) is 0 Å². The normalized spacial score (nSPS) is 46.5. The van der Waals surface area contributed by atoms with Crippen molar-refractivity contribution >= 4 is 5.78 Å². The molecule has 0 aromatic rings. The number of Topliss-reactive ketones (excluding diaryl/α,β-unsaturated/α-hetero) is 1. The number of carbonyl (C=O) groups is 1. The lowest BCUT2D eigenvalue weighted by Gasteiger charge is -2.45. The fourth-order valence-electron chi connectivity index (χ4n) is 3.04. The van der Waals surface area contributed by atoms with Crippen LogP contribution in [-0.2, 0) is 4.79 Å². The number of hydrogen-bond acceptors (Lipinski definition) is 2. The van der Waals surface area contributed by atoms with Crippen LogP contribution in [0, 0.1) is 23.7 Å². The predicted octanol–water partition coefficient (Wildman–Crippen LogP) is 1.41. The van der Waals surface area contributed by atoms with Gasteiger partial charge in [-0.1, -0.05) is 13.8 Å². The lowest BCUT2D eigenvalue weighted by Crippen LogP contribution is -2.53. The highest BCUT2D eigenvalue weighted by Gasteiger charge is 2.43. The van der Waals surface area contributed by atoms with E-state index in [-0.39, 0.29) is 0 Å². The van der Waals surface area contributed by atoms with Crippen LogP contribution in [0.2, 0.25) is 0 Å². The molecule has 2 rings (SSSR count). The van der Waals surface area contributed by atoms with Crippen molar-refractivity contribution in [2.75, 3.05) is 20.1 Å². The van der Waals surface area contributed by atoms with Gasteiger partial charge in [0, 0.05) is 24.9 Å². The molecule has 1 saturated carbocycles. The maximum absolute atomic E-state index is 11.9. The highest BCUT2D eigenvalue weighted by atomic mass is 16.1. The minimum absolute atomic E-state index is 0.333. The summed E-state index contributed by atoms with van der Waals surface area (Å²) in [7, 11) is 2.14. The number of piperidine rings is 1. The van der Waals surface area contributed by atoms with E-state index in [0.29, 0.717) is 29.5 Å². The molecule has 2 nitrogen and oxygen atoms in total. The first-order chi connectivity index (χ1) is 6.09. The molecule has 0 aromatic heterocycles. The molecule has 2 unspecified atom stereocenters. The molecular formula is C11H19NO. The molecule has 2 bridgehead atoms. The maximum atomic E-state index is 11.9. The summed E-state index contributed by atoms with van der Waals surface area (Å²) in [5.41, 5.74) is 0. The number of likely N-dealkylation sites (tertiary alicyclic amines) is 1. The fourth-order valence-corrected chi connectivity index (χ4v) is 3.04. The lowest BCUT2D eigenvalue weighted by molar-refractivity contribution is -0.139. The minimum atomic E-state index is 0.333. The van der Waals surface area contributed by atoms with E-state index in [9.17, 15) is 4.79 Å². The zero-order valence-corrected chi connectivity index (χ0v) is 8.79. The summed E-state index contributed by atoms with van der Waals surface area (Å²) in [5, 5.41) is 0. The third-order valence-corrected chi connectivity index (χ3v) is 3.86. The van der Waals surface area contributed by atoms with Crippen molar-refractivity contribution < 1.29 is 4.79 Å². The Bertz CT molecular complexity index is 206. The molecular weight excluding hydrogens is 162 g/mol. The zero-order chi connectivity index (χ0) is 9.59. The van der Waals surface area contributed by atoms with E-state index in [1.165, 1.54) is 6.42 Å². The van der Waals surface area contributed by atoms with Crippen LogP contribution in [0.4, 0.5) is 0 Å². The SMILES string of the molecule is C[C@@H]1C[C@@H](C)C2CN(C)CC1C2=O. The zero-order valence-electron chi connectivity index (χ0n) is 8.79. The molecule has 1 aliphatic carbocycles. The van der Waals surface area contributed by atoms with Gasteiger partial charge >= 0.3 is 0 Å². The smallest absolute Gasteiger partial charge is 0.142 e. The van der Waals surface area contributed by atoms with E-state index < -0.39 is 0 Å². The van der Waals surface area contributed by atoms with Crippen molar-refractivity contribution in [1.82, 2.24) is 4.90 Å². The van der Waals surface area contributed by atoms with Gasteiger partial charge in [0.15, 0.2) is 0 Å². The number of rotatable bonds is 0. The number of hydrogen-bond donors (Lipinski definition) is 0. The molecule has 1 heterocycles. The average molecular weight is 181 g/mol. The number of carbonyl (C=O) groups excluding carboxylic acids is 1. The second-order valence-electron chi connectivity index (χ2n) is 5.03. The van der Waals surface area contributed by atoms with E-state index in [1.807, 2.05) is 0 Å². The highest BCUT2D eigenvalue weighted by molar-refractivity contribution is 5.86. The Balaban J connectivity index is 2.22. The average Bonchev–Trinajstić information content (AvgIpc) is 2.05. The Morgan fingerprint density at radius 2 is 1.62 bits per heavy atom. The largest absolute Gasteiger partial charge is 0.305 e. The predicted molar refractivity (Wildman–Crippen MR) is 52.4 cm³/mol. The van der Waals surface area contributed by atoms with E-state index in [1.54, 1.807) is 0 Å². The number of nitrogens with zero attached hydrogens (tertiary/aromatic N) is 1. The summed E-state index contributed by atoms with van der Waals surface area (Å²) < 4.78 is 0. The molecule has 0 amide bonds. The Labute approximate surface area is 80.3 Å². The molecule has 2 fully saturated rings. The second kappa shape index (κ2) is 3.09. The second-order valence-corrected chi connectivity index (χ2v) is 5.03. The van der Waals surface area contributed by atoms with Crippen molar-refractivity contribution in [3.05, 3.63) is 0 Å². The van der Waals surface area contributed by atoms with Crippen LogP contribution in [0.5, 0.6) is 0 Å². The van der Waals surface area contributed by atoms with Gasteiger partial charge < -0.3 is 4.90 Å². The summed E-state index contributed by atoms with van der Waals surface area (Å²) in [6.45, 7) is 6.44. The first kappa shape index (κ1) is 9.20. The van der Waals surface area contributed by atoms with E-state index in [0.717, 1.165) is 13.1 Å². The molecule has 0 spiro atoms. The van der Waals surface area contributed by atoms with E-state index in [2.05, 4.69) is 25.8 Å². The van der Waals surface area contributed by atoms with Gasteiger partial charge in [-0.2, -0.15) is 0 Å². The van der Waals surface area contributed by atoms with Gasteiger partial charge in [-0.3, -0.25) is 4.79 Å². The highest BCUT2D eigenvalue weighted by Crippen LogP contribution is 2.38. The van der Waals surface area contributed by atoms with Gasteiger partial charge in [0.25, 0.3) is 0 Å². The molecule has 0 radical (unpaired) electrons. The maximum Gasteiger partial charge on any atom is 0.142 e. The van der Waals surface area contributed by atoms with Crippen LogP contribution in [0.15, 0.2) is 0 Å². The molecule has 1 saturated heterocycles. The van der Waals surface area contributed by atoms with Crippen LogP contribution in [0.3, 0.4) is 0 Å². The third kappa shape index (κ3) is 1.41. The fraction of sp³-hybridized carbons (Fsp3) is 0.909. The number of fused-ring (bicyclic) bond motifs is 2. The Morgan fingerprint density at radius 3 is 2.08 bits per heavy atom. The first-order valence-corrected chi connectivity index (χ1v) is 5.32. The Kier molecular flexibility index (Phi) is 2.18. The van der Waals surface area contributed by atoms with Gasteiger partial charge in [-0.05, 0) is 25.3 Å².